The monoisotopic (exact) mass is 276 g/mol. The summed E-state index contributed by atoms with van der Waals surface area (Å²) in [4.78, 5) is 11.7. The van der Waals surface area contributed by atoms with E-state index in [-0.39, 0.29) is 25.0 Å². The highest BCUT2D eigenvalue weighted by Gasteiger charge is 2.13. The lowest BCUT2D eigenvalue weighted by Gasteiger charge is -2.11. The highest BCUT2D eigenvalue weighted by atomic mass is 16.5. The van der Waals surface area contributed by atoms with Crippen LogP contribution in [-0.2, 0) is 4.79 Å². The number of aromatic amines is 1. The Morgan fingerprint density at radius 1 is 1.50 bits per heavy atom. The molecule has 106 valence electrons. The number of benzene rings is 1. The van der Waals surface area contributed by atoms with Crippen molar-refractivity contribution in [3.8, 4) is 5.75 Å². The summed E-state index contributed by atoms with van der Waals surface area (Å²) in [7, 11) is 0. The minimum Gasteiger partial charge on any atom is -0.491 e. The Kier molecular flexibility index (Phi) is 4.48. The molecule has 4 N–H and O–H groups in total. The van der Waals surface area contributed by atoms with E-state index in [2.05, 4.69) is 25.9 Å². The number of nitrogens with two attached hydrogens (primary N) is 1. The molecule has 0 radical (unpaired) electrons. The molecule has 1 aromatic carbocycles. The highest BCUT2D eigenvalue weighted by molar-refractivity contribution is 5.76. The number of hydrogen-bond acceptors (Lipinski definition) is 6. The Hall–Kier alpha value is -2.64. The van der Waals surface area contributed by atoms with E-state index in [1.165, 1.54) is 0 Å². The van der Waals surface area contributed by atoms with Crippen LogP contribution in [0, 0.1) is 0 Å². The zero-order valence-electron chi connectivity index (χ0n) is 11.0. The van der Waals surface area contributed by atoms with Crippen LogP contribution in [0.1, 0.15) is 25.2 Å². The number of rotatable bonds is 6. The average Bonchev–Trinajstić information content (AvgIpc) is 2.95. The molecule has 2 aromatic rings. The molecule has 8 heteroatoms. The topological polar surface area (TPSA) is 119 Å². The van der Waals surface area contributed by atoms with Gasteiger partial charge in [0.05, 0.1) is 24.8 Å². The SMILES string of the molecule is CC(NC(=O)CCOc1ccccc1N)c1nn[nH]n1. The number of H-pyrrole nitrogens is 1. The van der Waals surface area contributed by atoms with Crippen LogP contribution in [0.25, 0.3) is 0 Å². The van der Waals surface area contributed by atoms with Gasteiger partial charge in [-0.05, 0) is 19.1 Å². The summed E-state index contributed by atoms with van der Waals surface area (Å²) in [6.07, 6.45) is 0.219. The van der Waals surface area contributed by atoms with Crippen molar-refractivity contribution in [2.24, 2.45) is 0 Å². The number of carbonyl (C=O) groups is 1. The third-order valence-corrected chi connectivity index (χ3v) is 2.63. The quantitative estimate of drug-likeness (QED) is 0.658. The molecule has 0 aliphatic rings. The van der Waals surface area contributed by atoms with Crippen LogP contribution in [0.2, 0.25) is 0 Å². The van der Waals surface area contributed by atoms with E-state index >= 15 is 0 Å². The highest BCUT2D eigenvalue weighted by Crippen LogP contribution is 2.19. The van der Waals surface area contributed by atoms with Gasteiger partial charge >= 0.3 is 0 Å². The van der Waals surface area contributed by atoms with Crippen molar-refractivity contribution in [1.82, 2.24) is 25.9 Å². The van der Waals surface area contributed by atoms with Gasteiger partial charge in [0.15, 0.2) is 5.82 Å². The van der Waals surface area contributed by atoms with E-state index in [0.29, 0.717) is 17.3 Å². The van der Waals surface area contributed by atoms with Crippen molar-refractivity contribution < 1.29 is 9.53 Å². The number of aromatic nitrogens is 4. The molecule has 1 heterocycles. The van der Waals surface area contributed by atoms with Crippen LogP contribution in [-0.4, -0.2) is 33.1 Å². The molecule has 1 atom stereocenters. The Balaban J connectivity index is 1.74. The number of carbonyl (C=O) groups excluding carboxylic acids is 1. The van der Waals surface area contributed by atoms with Gasteiger partial charge in [-0.2, -0.15) is 5.21 Å². The Bertz CT molecular complexity index is 557. The summed E-state index contributed by atoms with van der Waals surface area (Å²) in [5, 5.41) is 16.1. The number of hydrogen-bond donors (Lipinski definition) is 3. The van der Waals surface area contributed by atoms with Crippen LogP contribution in [0.5, 0.6) is 5.75 Å². The number of nitrogen functional groups attached to an aromatic ring is 1. The lowest BCUT2D eigenvalue weighted by atomic mass is 10.3. The number of amides is 1. The Labute approximate surface area is 115 Å². The first kappa shape index (κ1) is 13.8. The van der Waals surface area contributed by atoms with E-state index in [9.17, 15) is 4.79 Å². The fourth-order valence-electron chi connectivity index (χ4n) is 1.60. The second kappa shape index (κ2) is 6.50. The zero-order valence-corrected chi connectivity index (χ0v) is 11.0. The summed E-state index contributed by atoms with van der Waals surface area (Å²) in [6, 6.07) is 6.84. The van der Waals surface area contributed by atoms with Crippen LogP contribution in [0.3, 0.4) is 0 Å². The van der Waals surface area contributed by atoms with Gasteiger partial charge in [-0.1, -0.05) is 17.3 Å². The van der Waals surface area contributed by atoms with Crippen molar-refractivity contribution in [3.63, 3.8) is 0 Å². The first-order chi connectivity index (χ1) is 9.66. The Morgan fingerprint density at radius 3 is 3.00 bits per heavy atom. The maximum Gasteiger partial charge on any atom is 0.224 e. The predicted molar refractivity (Wildman–Crippen MR) is 71.7 cm³/mol. The summed E-state index contributed by atoms with van der Waals surface area (Å²) in [5.41, 5.74) is 6.28. The second-order valence-corrected chi connectivity index (χ2v) is 4.20. The van der Waals surface area contributed by atoms with E-state index < -0.39 is 0 Å². The maximum atomic E-state index is 11.7. The van der Waals surface area contributed by atoms with Crippen molar-refractivity contribution >= 4 is 11.6 Å². The summed E-state index contributed by atoms with van der Waals surface area (Å²) in [6.45, 7) is 2.03. The molecule has 0 bridgehead atoms. The number of ether oxygens (including phenoxy) is 1. The van der Waals surface area contributed by atoms with Gasteiger partial charge in [0.2, 0.25) is 5.91 Å². The first-order valence-electron chi connectivity index (χ1n) is 6.17. The van der Waals surface area contributed by atoms with Gasteiger partial charge < -0.3 is 15.8 Å². The van der Waals surface area contributed by atoms with E-state index in [4.69, 9.17) is 10.5 Å². The van der Waals surface area contributed by atoms with Gasteiger partial charge in [0, 0.05) is 0 Å². The standard InChI is InChI=1S/C12H16N6O2/c1-8(12-15-17-18-16-12)14-11(19)6-7-20-10-5-3-2-4-9(10)13/h2-5,8H,6-7,13H2,1H3,(H,14,19)(H,15,16,17,18). The molecule has 2 rings (SSSR count). The summed E-state index contributed by atoms with van der Waals surface area (Å²) >= 11 is 0. The van der Waals surface area contributed by atoms with Crippen LogP contribution in [0.15, 0.2) is 24.3 Å². The number of nitrogens with one attached hydrogen (secondary N) is 2. The molecule has 0 fully saturated rings. The number of anilines is 1. The molecule has 1 aromatic heterocycles. The molecule has 0 spiro atoms. The van der Waals surface area contributed by atoms with Crippen molar-refractivity contribution in [2.45, 2.75) is 19.4 Å². The minimum absolute atomic E-state index is 0.156. The normalized spacial score (nSPS) is 11.8. The van der Waals surface area contributed by atoms with E-state index in [0.717, 1.165) is 0 Å². The third-order valence-electron chi connectivity index (χ3n) is 2.63. The van der Waals surface area contributed by atoms with Gasteiger partial charge in [-0.15, -0.1) is 10.2 Å². The molecule has 0 saturated carbocycles. The molecule has 20 heavy (non-hydrogen) atoms. The number of para-hydroxylation sites is 2. The maximum absolute atomic E-state index is 11.7. The lowest BCUT2D eigenvalue weighted by Crippen LogP contribution is -2.28. The second-order valence-electron chi connectivity index (χ2n) is 4.20. The average molecular weight is 276 g/mol. The van der Waals surface area contributed by atoms with Gasteiger partial charge in [0.1, 0.15) is 5.75 Å². The van der Waals surface area contributed by atoms with E-state index in [1.54, 1.807) is 19.1 Å². The number of tetrazole rings is 1. The molecule has 0 saturated heterocycles. The minimum atomic E-state index is -0.303. The van der Waals surface area contributed by atoms with Gasteiger partial charge in [-0.3, -0.25) is 4.79 Å². The zero-order chi connectivity index (χ0) is 14.4. The molecule has 1 unspecified atom stereocenters. The van der Waals surface area contributed by atoms with Crippen LogP contribution >= 0.6 is 0 Å². The third kappa shape index (κ3) is 3.67. The molecule has 1 amide bonds. The summed E-state index contributed by atoms with van der Waals surface area (Å²) < 4.78 is 5.44. The van der Waals surface area contributed by atoms with Crippen molar-refractivity contribution in [1.29, 1.82) is 0 Å². The summed E-state index contributed by atoms with van der Waals surface area (Å²) in [5.74, 6) is 0.856. The largest absolute Gasteiger partial charge is 0.491 e. The molecule has 8 nitrogen and oxygen atoms in total. The van der Waals surface area contributed by atoms with Crippen molar-refractivity contribution in [2.75, 3.05) is 12.3 Å². The number of nitrogens with zero attached hydrogens (tertiary/aromatic N) is 3. The fraction of sp³-hybridized carbons (Fsp3) is 0.333. The van der Waals surface area contributed by atoms with Gasteiger partial charge in [-0.25, -0.2) is 0 Å². The van der Waals surface area contributed by atoms with Crippen molar-refractivity contribution in [3.05, 3.63) is 30.1 Å². The first-order valence-corrected chi connectivity index (χ1v) is 6.17. The van der Waals surface area contributed by atoms with E-state index in [1.807, 2.05) is 12.1 Å². The molecule has 0 aliphatic heterocycles. The predicted octanol–water partition coefficient (Wildman–Crippen LogP) is 0.428. The molecule has 0 aliphatic carbocycles. The smallest absolute Gasteiger partial charge is 0.224 e. The lowest BCUT2D eigenvalue weighted by molar-refractivity contribution is -0.122. The van der Waals surface area contributed by atoms with Gasteiger partial charge in [0.25, 0.3) is 0 Å². The van der Waals surface area contributed by atoms with Crippen LogP contribution < -0.4 is 15.8 Å². The fourth-order valence-corrected chi connectivity index (χ4v) is 1.60. The van der Waals surface area contributed by atoms with Crippen LogP contribution in [0.4, 0.5) is 5.69 Å². The molecular formula is C12H16N6O2. The molecular weight excluding hydrogens is 260 g/mol. The Morgan fingerprint density at radius 2 is 2.30 bits per heavy atom.